The lowest BCUT2D eigenvalue weighted by Gasteiger charge is -2.54. The summed E-state index contributed by atoms with van der Waals surface area (Å²) in [5, 5.41) is 9.77. The van der Waals surface area contributed by atoms with Crippen LogP contribution in [0.25, 0.3) is 0 Å². The minimum Gasteiger partial charge on any atom is -0.508 e. The Hall–Kier alpha value is -1.11. The molecule has 2 bridgehead atoms. The normalized spacial score (nSPS) is 30.1. The van der Waals surface area contributed by atoms with Gasteiger partial charge >= 0.3 is 0 Å². The highest BCUT2D eigenvalue weighted by molar-refractivity contribution is 7.85. The predicted octanol–water partition coefficient (Wildman–Crippen LogP) is 2.44. The fourth-order valence-corrected chi connectivity index (χ4v) is 4.09. The monoisotopic (exact) mass is 341 g/mol. The van der Waals surface area contributed by atoms with Crippen LogP contribution in [0.2, 0.25) is 0 Å². The van der Waals surface area contributed by atoms with Crippen LogP contribution < -0.4 is 0 Å². The van der Waals surface area contributed by atoms with Crippen LogP contribution in [-0.2, 0) is 22.0 Å². The topological polar surface area (TPSA) is 77.8 Å². The molecule has 1 saturated heterocycles. The summed E-state index contributed by atoms with van der Waals surface area (Å²) >= 11 is 0. The van der Waals surface area contributed by atoms with E-state index in [9.17, 15) is 13.5 Å². The lowest BCUT2D eigenvalue weighted by molar-refractivity contribution is 0.0353. The molecule has 1 fully saturated rings. The van der Waals surface area contributed by atoms with Gasteiger partial charge in [0, 0.05) is 6.04 Å². The predicted molar refractivity (Wildman–Crippen MR) is 91.5 cm³/mol. The number of piperidine rings is 1. The molecule has 1 aromatic carbocycles. The quantitative estimate of drug-likeness (QED) is 0.767. The number of hydrogen-bond acceptors (Lipinski definition) is 4. The summed E-state index contributed by atoms with van der Waals surface area (Å²) in [5.41, 5.74) is 3.07. The Morgan fingerprint density at radius 2 is 2.00 bits per heavy atom. The molecule has 0 radical (unpaired) electrons. The van der Waals surface area contributed by atoms with Gasteiger partial charge < -0.3 is 10.0 Å². The maximum absolute atomic E-state index is 9.77. The maximum Gasteiger partial charge on any atom is 0.261 e. The zero-order valence-corrected chi connectivity index (χ0v) is 15.1. The van der Waals surface area contributed by atoms with Crippen LogP contribution in [-0.4, -0.2) is 48.4 Å². The number of nitrogens with zero attached hydrogens (tertiary/aromatic N) is 1. The summed E-state index contributed by atoms with van der Waals surface area (Å²) in [5.74, 6) is 1.08. The van der Waals surface area contributed by atoms with Crippen molar-refractivity contribution < 1.29 is 18.1 Å². The highest BCUT2D eigenvalue weighted by atomic mass is 32.2. The van der Waals surface area contributed by atoms with Crippen molar-refractivity contribution in [3.05, 3.63) is 29.3 Å². The minimum atomic E-state index is -3.67. The van der Waals surface area contributed by atoms with E-state index in [0.717, 1.165) is 13.0 Å². The van der Waals surface area contributed by atoms with Gasteiger partial charge in [0.05, 0.1) is 6.26 Å². The number of likely N-dealkylation sites (tertiary alicyclic amines) is 1. The molecule has 130 valence electrons. The van der Waals surface area contributed by atoms with E-state index in [-0.39, 0.29) is 5.41 Å². The number of phenolic OH excluding ortho intramolecular Hbond substituents is 1. The number of hydrogen-bond donors (Lipinski definition) is 2. The zero-order valence-electron chi connectivity index (χ0n) is 14.3. The molecule has 5 nitrogen and oxygen atoms in total. The second kappa shape index (κ2) is 6.42. The minimum absolute atomic E-state index is 0.239. The van der Waals surface area contributed by atoms with Crippen LogP contribution in [0.15, 0.2) is 18.2 Å². The first-order valence-corrected chi connectivity index (χ1v) is 9.90. The molecular formula is C17H27NO4S. The van der Waals surface area contributed by atoms with E-state index in [2.05, 4.69) is 31.7 Å². The number of rotatable bonds is 1. The number of benzene rings is 1. The summed E-state index contributed by atoms with van der Waals surface area (Å²) in [6.45, 7) is 9.38. The van der Waals surface area contributed by atoms with Gasteiger partial charge in [-0.25, -0.2) is 0 Å². The average molecular weight is 341 g/mol. The molecule has 0 amide bonds. The molecule has 23 heavy (non-hydrogen) atoms. The largest absolute Gasteiger partial charge is 0.508 e. The first-order chi connectivity index (χ1) is 10.6. The molecular weight excluding hydrogens is 314 g/mol. The van der Waals surface area contributed by atoms with Gasteiger partial charge in [-0.15, -0.1) is 0 Å². The average Bonchev–Trinajstić information content (AvgIpc) is 2.42. The Morgan fingerprint density at radius 1 is 1.39 bits per heavy atom. The van der Waals surface area contributed by atoms with Gasteiger partial charge in [-0.2, -0.15) is 8.42 Å². The van der Waals surface area contributed by atoms with Gasteiger partial charge in [0.1, 0.15) is 5.75 Å². The molecule has 1 aromatic rings. The molecule has 0 spiro atoms. The summed E-state index contributed by atoms with van der Waals surface area (Å²) in [6, 6.07) is 6.64. The summed E-state index contributed by atoms with van der Waals surface area (Å²) in [4.78, 5) is 2.63. The fraction of sp³-hybridized carbons (Fsp3) is 0.647. The molecule has 1 unspecified atom stereocenters. The maximum atomic E-state index is 9.77. The standard InChI is InChI=1S/C16H23NO.CH4O3S/c1-4-17-8-7-16(3)11(2)15(17)9-12-5-6-13(18)10-14(12)16;1-5(2,3)4/h5-6,10-11,15,18H,4,7-9H2,1-3H3;1H3,(H,2,3,4)/t11-,15?,16-;/m0./s1. The van der Waals surface area contributed by atoms with Crippen molar-refractivity contribution in [2.45, 2.75) is 45.1 Å². The Kier molecular flexibility index (Phi) is 5.09. The fourth-order valence-electron chi connectivity index (χ4n) is 4.09. The molecule has 2 aliphatic rings. The van der Waals surface area contributed by atoms with Crippen LogP contribution in [0.5, 0.6) is 5.75 Å². The highest BCUT2D eigenvalue weighted by Gasteiger charge is 2.47. The molecule has 1 heterocycles. The molecule has 0 saturated carbocycles. The second-order valence-corrected chi connectivity index (χ2v) is 8.40. The van der Waals surface area contributed by atoms with Gasteiger partial charge in [-0.3, -0.25) is 4.55 Å². The smallest absolute Gasteiger partial charge is 0.261 e. The third-order valence-electron chi connectivity index (χ3n) is 5.51. The third kappa shape index (κ3) is 3.87. The van der Waals surface area contributed by atoms with Crippen LogP contribution in [0.3, 0.4) is 0 Å². The van der Waals surface area contributed by atoms with E-state index >= 15 is 0 Å². The Balaban J connectivity index is 0.000000338. The van der Waals surface area contributed by atoms with E-state index in [1.54, 1.807) is 0 Å². The Morgan fingerprint density at radius 3 is 2.57 bits per heavy atom. The molecule has 1 aliphatic heterocycles. The number of phenols is 1. The van der Waals surface area contributed by atoms with E-state index in [4.69, 9.17) is 4.55 Å². The van der Waals surface area contributed by atoms with Crippen molar-refractivity contribution >= 4 is 10.1 Å². The second-order valence-electron chi connectivity index (χ2n) is 6.93. The molecule has 2 N–H and O–H groups in total. The number of aromatic hydroxyl groups is 1. The SMILES string of the molecule is CCN1CC[C@]2(C)c3cc(O)ccc3CC1[C@@H]2C.CS(=O)(=O)O. The van der Waals surface area contributed by atoms with Crippen LogP contribution in [0.4, 0.5) is 0 Å². The number of likely N-dealkylation sites (N-methyl/N-ethyl adjacent to an activating group) is 1. The van der Waals surface area contributed by atoms with Crippen LogP contribution in [0, 0.1) is 5.92 Å². The van der Waals surface area contributed by atoms with Gasteiger partial charge in [0.2, 0.25) is 0 Å². The van der Waals surface area contributed by atoms with E-state index in [0.29, 0.717) is 24.0 Å². The summed E-state index contributed by atoms with van der Waals surface area (Å²) in [7, 11) is -3.67. The van der Waals surface area contributed by atoms with Gasteiger partial charge in [0.25, 0.3) is 10.1 Å². The number of fused-ring (bicyclic) bond motifs is 4. The lowest BCUT2D eigenvalue weighted by atomic mass is 9.59. The molecule has 3 atom stereocenters. The lowest BCUT2D eigenvalue weighted by Crippen LogP contribution is -2.57. The zero-order chi connectivity index (χ0) is 17.4. The Labute approximate surface area is 139 Å². The Bertz CT molecular complexity index is 665. The highest BCUT2D eigenvalue weighted by Crippen LogP contribution is 2.49. The van der Waals surface area contributed by atoms with Gasteiger partial charge in [0.15, 0.2) is 0 Å². The van der Waals surface area contributed by atoms with Crippen molar-refractivity contribution in [1.29, 1.82) is 0 Å². The third-order valence-corrected chi connectivity index (χ3v) is 5.51. The summed E-state index contributed by atoms with van der Waals surface area (Å²) in [6.07, 6.45) is 3.06. The van der Waals surface area contributed by atoms with Crippen molar-refractivity contribution in [2.75, 3.05) is 19.3 Å². The van der Waals surface area contributed by atoms with E-state index in [1.807, 2.05) is 12.1 Å². The van der Waals surface area contributed by atoms with Gasteiger partial charge in [-0.05, 0) is 60.5 Å². The van der Waals surface area contributed by atoms with Crippen LogP contribution in [0.1, 0.15) is 38.3 Å². The van der Waals surface area contributed by atoms with E-state index < -0.39 is 10.1 Å². The first kappa shape index (κ1) is 18.2. The molecule has 0 aromatic heterocycles. The summed E-state index contributed by atoms with van der Waals surface area (Å²) < 4.78 is 25.9. The van der Waals surface area contributed by atoms with Crippen LogP contribution >= 0.6 is 0 Å². The van der Waals surface area contributed by atoms with E-state index in [1.165, 1.54) is 24.1 Å². The van der Waals surface area contributed by atoms with Crippen molar-refractivity contribution in [3.8, 4) is 5.75 Å². The molecule has 3 rings (SSSR count). The molecule has 1 aliphatic carbocycles. The van der Waals surface area contributed by atoms with Crippen molar-refractivity contribution in [1.82, 2.24) is 4.90 Å². The first-order valence-electron chi connectivity index (χ1n) is 8.05. The van der Waals surface area contributed by atoms with Crippen molar-refractivity contribution in [3.63, 3.8) is 0 Å². The van der Waals surface area contributed by atoms with Gasteiger partial charge in [-0.1, -0.05) is 26.8 Å². The molecule has 6 heteroatoms. The van der Waals surface area contributed by atoms with Crippen molar-refractivity contribution in [2.24, 2.45) is 5.92 Å².